The zero-order chi connectivity index (χ0) is 45.2. The minimum absolute atomic E-state index is 1.09. The minimum atomic E-state index is 1.09. The number of hydrogen-bond acceptors (Lipinski definition) is 1. The van der Waals surface area contributed by atoms with Crippen molar-refractivity contribution in [2.45, 2.75) is 0 Å². The van der Waals surface area contributed by atoms with Crippen molar-refractivity contribution >= 4 is 109 Å². The van der Waals surface area contributed by atoms with Crippen LogP contribution in [0.3, 0.4) is 0 Å². The summed E-state index contributed by atoms with van der Waals surface area (Å²) < 4.78 is 4.92. The van der Waals surface area contributed by atoms with Gasteiger partial charge in [-0.15, -0.1) is 0 Å². The number of fused-ring (bicyclic) bond motifs is 15. The van der Waals surface area contributed by atoms with E-state index in [9.17, 15) is 0 Å². The first-order valence-electron chi connectivity index (χ1n) is 23.8. The van der Waals surface area contributed by atoms with Crippen molar-refractivity contribution in [3.63, 3.8) is 0 Å². The van der Waals surface area contributed by atoms with Crippen LogP contribution in [-0.4, -0.2) is 8.97 Å². The molecule has 3 aromatic heterocycles. The molecule has 12 aromatic carbocycles. The summed E-state index contributed by atoms with van der Waals surface area (Å²) >= 11 is 0. The lowest BCUT2D eigenvalue weighted by Crippen LogP contribution is -2.10. The van der Waals surface area contributed by atoms with Gasteiger partial charge >= 0.3 is 0 Å². The third kappa shape index (κ3) is 5.50. The smallest absolute Gasteiger partial charge is 0.0620 e. The molecule has 0 saturated heterocycles. The fourth-order valence-corrected chi connectivity index (χ4v) is 11.9. The van der Waals surface area contributed by atoms with Gasteiger partial charge in [-0.3, -0.25) is 0 Å². The molecule has 0 amide bonds. The van der Waals surface area contributed by atoms with Gasteiger partial charge in [-0.2, -0.15) is 0 Å². The van der Waals surface area contributed by atoms with E-state index >= 15 is 0 Å². The lowest BCUT2D eigenvalue weighted by Gasteiger charge is -2.27. The molecule has 3 nitrogen and oxygen atoms in total. The van der Waals surface area contributed by atoms with E-state index in [1.54, 1.807) is 0 Å². The van der Waals surface area contributed by atoms with Crippen molar-refractivity contribution in [2.75, 3.05) is 4.90 Å². The van der Waals surface area contributed by atoms with E-state index in [1.165, 1.54) is 114 Å². The van der Waals surface area contributed by atoms with Gasteiger partial charge in [-0.1, -0.05) is 188 Å². The van der Waals surface area contributed by atoms with Gasteiger partial charge in [0, 0.05) is 66.2 Å². The quantitative estimate of drug-likeness (QED) is 0.152. The number of aromatic nitrogens is 2. The summed E-state index contributed by atoms with van der Waals surface area (Å²) in [5.74, 6) is 0. The normalized spacial score (nSPS) is 12.1. The molecule has 0 aliphatic heterocycles. The average molecular weight is 876 g/mol. The number of para-hydroxylation sites is 6. The van der Waals surface area contributed by atoms with Crippen LogP contribution in [0.2, 0.25) is 0 Å². The molecule has 15 rings (SSSR count). The molecular weight excluding hydrogens is 835 g/mol. The van der Waals surface area contributed by atoms with Crippen molar-refractivity contribution < 1.29 is 0 Å². The highest BCUT2D eigenvalue weighted by Gasteiger charge is 2.22. The molecular formula is C66H41N3. The Kier molecular flexibility index (Phi) is 8.07. The lowest BCUT2D eigenvalue weighted by molar-refractivity contribution is 1.18. The van der Waals surface area contributed by atoms with Crippen LogP contribution in [0.5, 0.6) is 0 Å². The monoisotopic (exact) mass is 875 g/mol. The van der Waals surface area contributed by atoms with Crippen molar-refractivity contribution in [2.24, 2.45) is 0 Å². The molecule has 15 aromatic rings. The molecule has 0 bridgehead atoms. The Bertz CT molecular complexity index is 4480. The molecule has 69 heavy (non-hydrogen) atoms. The Labute approximate surface area is 397 Å². The van der Waals surface area contributed by atoms with E-state index in [4.69, 9.17) is 0 Å². The molecule has 3 heteroatoms. The third-order valence-electron chi connectivity index (χ3n) is 14.8. The molecule has 320 valence electrons. The average Bonchev–Trinajstić information content (AvgIpc) is 4.07. The summed E-state index contributed by atoms with van der Waals surface area (Å²) in [4.78, 5) is 2.42. The number of rotatable bonds is 6. The molecule has 0 aliphatic carbocycles. The Morgan fingerprint density at radius 3 is 1.26 bits per heavy atom. The van der Waals surface area contributed by atoms with E-state index < -0.39 is 0 Å². The van der Waals surface area contributed by atoms with E-state index in [0.717, 1.165) is 22.7 Å². The first-order valence-corrected chi connectivity index (χ1v) is 23.8. The highest BCUT2D eigenvalue weighted by Crippen LogP contribution is 2.46. The van der Waals surface area contributed by atoms with Crippen LogP contribution in [0.4, 0.5) is 17.1 Å². The molecule has 0 N–H and O–H groups in total. The topological polar surface area (TPSA) is 12.6 Å². The molecule has 0 spiro atoms. The van der Waals surface area contributed by atoms with Crippen LogP contribution in [0.15, 0.2) is 249 Å². The summed E-state index contributed by atoms with van der Waals surface area (Å²) in [6, 6.07) is 91.7. The molecule has 3 heterocycles. The maximum absolute atomic E-state index is 2.50. The van der Waals surface area contributed by atoms with E-state index in [1.807, 2.05) is 0 Å². The maximum Gasteiger partial charge on any atom is 0.0620 e. The van der Waals surface area contributed by atoms with E-state index in [-0.39, 0.29) is 0 Å². The predicted octanol–water partition coefficient (Wildman–Crippen LogP) is 18.2. The van der Waals surface area contributed by atoms with Crippen molar-refractivity contribution in [3.05, 3.63) is 249 Å². The summed E-state index contributed by atoms with van der Waals surface area (Å²) in [7, 11) is 0. The van der Waals surface area contributed by atoms with Gasteiger partial charge in [-0.25, -0.2) is 0 Å². The highest BCUT2D eigenvalue weighted by molar-refractivity contribution is 6.27. The fourth-order valence-electron chi connectivity index (χ4n) is 11.9. The second kappa shape index (κ2) is 14.7. The van der Waals surface area contributed by atoms with Gasteiger partial charge < -0.3 is 13.9 Å². The highest BCUT2D eigenvalue weighted by atomic mass is 15.1. The molecule has 0 saturated carbocycles. The van der Waals surface area contributed by atoms with Crippen molar-refractivity contribution in [3.8, 4) is 27.9 Å². The fraction of sp³-hybridized carbons (Fsp3) is 0. The van der Waals surface area contributed by atoms with Crippen LogP contribution < -0.4 is 4.90 Å². The first kappa shape index (κ1) is 38.0. The van der Waals surface area contributed by atoms with Gasteiger partial charge in [0.15, 0.2) is 0 Å². The summed E-state index contributed by atoms with van der Waals surface area (Å²) in [5.41, 5.74) is 15.4. The van der Waals surface area contributed by atoms with Gasteiger partial charge in [0.05, 0.1) is 27.6 Å². The number of nitrogens with zero attached hydrogens (tertiary/aromatic N) is 3. The Hall–Kier alpha value is -9.18. The SMILES string of the molecule is c1ccc(-n2c3ccccc3c3cccc(-c4ccc(N(c5ccc(-c6cccc7c8cccc9c%10ccccc%10n(c67)c98)cc5)c5ccc6c7ccccc7c7ccccc7c6c5)cc4)c32)cc1. The van der Waals surface area contributed by atoms with Gasteiger partial charge in [0.25, 0.3) is 0 Å². The van der Waals surface area contributed by atoms with Crippen LogP contribution in [0, 0.1) is 0 Å². The van der Waals surface area contributed by atoms with Crippen LogP contribution in [0.25, 0.3) is 120 Å². The van der Waals surface area contributed by atoms with Gasteiger partial charge in [-0.05, 0) is 104 Å². The Morgan fingerprint density at radius 2 is 0.652 bits per heavy atom. The Balaban J connectivity index is 0.917. The number of anilines is 3. The van der Waals surface area contributed by atoms with Gasteiger partial charge in [0.2, 0.25) is 0 Å². The molecule has 0 radical (unpaired) electrons. The van der Waals surface area contributed by atoms with E-state index in [0.29, 0.717) is 0 Å². The van der Waals surface area contributed by atoms with Crippen molar-refractivity contribution in [1.29, 1.82) is 0 Å². The Morgan fingerprint density at radius 1 is 0.246 bits per heavy atom. The molecule has 0 aliphatic rings. The second-order valence-corrected chi connectivity index (χ2v) is 18.4. The summed E-state index contributed by atoms with van der Waals surface area (Å²) in [6.45, 7) is 0. The number of benzene rings is 12. The molecule has 0 fully saturated rings. The summed E-state index contributed by atoms with van der Waals surface area (Å²) in [5, 5.41) is 15.2. The standard InChI is InChI=1S/C66H41N3/c1-2-15-44(16-3-1)68-62-29-10-8-21-55(62)57-25-12-23-48(64(57)68)42-31-35-45(36-32-42)67(47-39-40-54-52-19-5-4-17-50(52)51-18-6-7-20-53(51)61(54)41-47)46-37-33-43(34-38-46)49-24-13-27-59-60-28-14-26-58-56-22-9-11-30-63(56)69(65(49)59)66(58)60/h1-41H. The van der Waals surface area contributed by atoms with Gasteiger partial charge in [0.1, 0.15) is 0 Å². The zero-order valence-corrected chi connectivity index (χ0v) is 37.5. The maximum atomic E-state index is 2.50. The first-order chi connectivity index (χ1) is 34.3. The van der Waals surface area contributed by atoms with Crippen LogP contribution in [-0.2, 0) is 0 Å². The molecule has 0 atom stereocenters. The second-order valence-electron chi connectivity index (χ2n) is 18.4. The number of hydrogen-bond donors (Lipinski definition) is 0. The molecule has 0 unspecified atom stereocenters. The lowest BCUT2D eigenvalue weighted by atomic mass is 9.94. The predicted molar refractivity (Wildman–Crippen MR) is 294 cm³/mol. The van der Waals surface area contributed by atoms with Crippen LogP contribution in [0.1, 0.15) is 0 Å². The third-order valence-corrected chi connectivity index (χ3v) is 14.8. The largest absolute Gasteiger partial charge is 0.310 e. The van der Waals surface area contributed by atoms with Crippen LogP contribution >= 0.6 is 0 Å². The zero-order valence-electron chi connectivity index (χ0n) is 37.5. The summed E-state index contributed by atoms with van der Waals surface area (Å²) in [6.07, 6.45) is 0. The van der Waals surface area contributed by atoms with Crippen molar-refractivity contribution in [1.82, 2.24) is 8.97 Å². The minimum Gasteiger partial charge on any atom is -0.310 e. The van der Waals surface area contributed by atoms with E-state index in [2.05, 4.69) is 263 Å².